The van der Waals surface area contributed by atoms with E-state index >= 15 is 0 Å². The lowest BCUT2D eigenvalue weighted by Gasteiger charge is -2.41. The molecule has 1 aliphatic heterocycles. The van der Waals surface area contributed by atoms with E-state index in [-0.39, 0.29) is 12.1 Å². The van der Waals surface area contributed by atoms with Gasteiger partial charge in [-0.3, -0.25) is 4.90 Å². The van der Waals surface area contributed by atoms with Gasteiger partial charge >= 0.3 is 6.09 Å². The molecule has 1 spiro atoms. The summed E-state index contributed by atoms with van der Waals surface area (Å²) in [5.74, 6) is 0. The number of amides is 1. The van der Waals surface area contributed by atoms with Gasteiger partial charge in [0.1, 0.15) is 11.3 Å². The van der Waals surface area contributed by atoms with E-state index in [9.17, 15) is 4.79 Å². The van der Waals surface area contributed by atoms with Gasteiger partial charge in [0.2, 0.25) is 0 Å². The van der Waals surface area contributed by atoms with Gasteiger partial charge in [0.25, 0.3) is 0 Å². The summed E-state index contributed by atoms with van der Waals surface area (Å²) < 4.78 is 11.5. The van der Waals surface area contributed by atoms with Gasteiger partial charge in [-0.2, -0.15) is 0 Å². The summed E-state index contributed by atoms with van der Waals surface area (Å²) in [6.45, 7) is 10.0. The molecule has 0 aromatic carbocycles. The summed E-state index contributed by atoms with van der Waals surface area (Å²) >= 11 is 0. The van der Waals surface area contributed by atoms with Crippen molar-refractivity contribution in [1.29, 1.82) is 0 Å². The van der Waals surface area contributed by atoms with Crippen LogP contribution in [-0.4, -0.2) is 35.0 Å². The van der Waals surface area contributed by atoms with Crippen molar-refractivity contribution in [1.82, 2.24) is 4.90 Å². The van der Waals surface area contributed by atoms with E-state index in [0.717, 1.165) is 25.7 Å². The number of hydrogen-bond acceptors (Lipinski definition) is 3. The van der Waals surface area contributed by atoms with Crippen molar-refractivity contribution in [3.63, 3.8) is 0 Å². The van der Waals surface area contributed by atoms with E-state index in [4.69, 9.17) is 9.47 Å². The molecule has 1 amide bonds. The summed E-state index contributed by atoms with van der Waals surface area (Å²) in [6.07, 6.45) is 6.72. The average Bonchev–Trinajstić information content (AvgIpc) is 2.66. The fourth-order valence-electron chi connectivity index (χ4n) is 2.96. The quantitative estimate of drug-likeness (QED) is 0.683. The van der Waals surface area contributed by atoms with E-state index in [0.29, 0.717) is 6.61 Å². The Balaban J connectivity index is 2.20. The van der Waals surface area contributed by atoms with Gasteiger partial charge in [0.05, 0.1) is 12.6 Å². The van der Waals surface area contributed by atoms with Crippen molar-refractivity contribution in [2.24, 2.45) is 0 Å². The van der Waals surface area contributed by atoms with Crippen molar-refractivity contribution < 1.29 is 14.3 Å². The van der Waals surface area contributed by atoms with Crippen LogP contribution in [-0.2, 0) is 9.47 Å². The minimum Gasteiger partial charge on any atom is -0.444 e. The molecule has 2 rings (SSSR count). The maximum Gasteiger partial charge on any atom is 0.413 e. The molecule has 1 atom stereocenters. The van der Waals surface area contributed by atoms with Gasteiger partial charge in [-0.05, 0) is 46.5 Å². The molecule has 0 N–H and O–H groups in total. The lowest BCUT2D eigenvalue weighted by Crippen LogP contribution is -2.53. The highest BCUT2D eigenvalue weighted by molar-refractivity contribution is 5.70. The van der Waals surface area contributed by atoms with Crippen LogP contribution in [0.3, 0.4) is 0 Å². The van der Waals surface area contributed by atoms with Crippen LogP contribution in [0.2, 0.25) is 0 Å². The first-order chi connectivity index (χ1) is 8.88. The Morgan fingerprint density at radius 3 is 2.53 bits per heavy atom. The first kappa shape index (κ1) is 14.4. The maximum atomic E-state index is 12.5. The summed E-state index contributed by atoms with van der Waals surface area (Å²) in [5, 5.41) is 0. The number of ether oxygens (including phenoxy) is 2. The Kier molecular flexibility index (Phi) is 3.90. The first-order valence-corrected chi connectivity index (χ1v) is 7.17. The second-order valence-corrected chi connectivity index (χ2v) is 6.47. The third-order valence-corrected chi connectivity index (χ3v) is 3.79. The van der Waals surface area contributed by atoms with E-state index < -0.39 is 11.3 Å². The molecule has 1 heterocycles. The SMILES string of the molecule is C=C[C@H]1COC2(CCCCC2)N1C(=O)OC(C)(C)C. The monoisotopic (exact) mass is 267 g/mol. The highest BCUT2D eigenvalue weighted by Crippen LogP contribution is 2.41. The topological polar surface area (TPSA) is 38.8 Å². The van der Waals surface area contributed by atoms with Crippen LogP contribution >= 0.6 is 0 Å². The lowest BCUT2D eigenvalue weighted by atomic mass is 9.90. The van der Waals surface area contributed by atoms with Crippen LogP contribution in [0.15, 0.2) is 12.7 Å². The molecule has 1 saturated heterocycles. The van der Waals surface area contributed by atoms with E-state index in [1.165, 1.54) is 6.42 Å². The Labute approximate surface area is 115 Å². The van der Waals surface area contributed by atoms with Crippen LogP contribution in [0.5, 0.6) is 0 Å². The van der Waals surface area contributed by atoms with Gasteiger partial charge < -0.3 is 9.47 Å². The summed E-state index contributed by atoms with van der Waals surface area (Å²) in [7, 11) is 0. The molecule has 0 unspecified atom stereocenters. The largest absolute Gasteiger partial charge is 0.444 e. The Morgan fingerprint density at radius 1 is 1.37 bits per heavy atom. The predicted molar refractivity (Wildman–Crippen MR) is 73.8 cm³/mol. The fourth-order valence-corrected chi connectivity index (χ4v) is 2.96. The molecule has 0 radical (unpaired) electrons. The zero-order valence-corrected chi connectivity index (χ0v) is 12.3. The smallest absolute Gasteiger partial charge is 0.413 e. The molecule has 4 heteroatoms. The van der Waals surface area contributed by atoms with Crippen LogP contribution < -0.4 is 0 Å². The number of rotatable bonds is 1. The second kappa shape index (κ2) is 5.16. The van der Waals surface area contributed by atoms with Gasteiger partial charge in [0.15, 0.2) is 0 Å². The minimum absolute atomic E-state index is 0.0760. The zero-order valence-electron chi connectivity index (χ0n) is 12.3. The average molecular weight is 267 g/mol. The number of carbonyl (C=O) groups excluding carboxylic acids is 1. The first-order valence-electron chi connectivity index (χ1n) is 7.17. The summed E-state index contributed by atoms with van der Waals surface area (Å²) in [4.78, 5) is 14.3. The highest BCUT2D eigenvalue weighted by atomic mass is 16.6. The molecular formula is C15H25NO3. The molecule has 0 aromatic heterocycles. The van der Waals surface area contributed by atoms with Gasteiger partial charge in [-0.25, -0.2) is 4.79 Å². The standard InChI is InChI=1S/C15H25NO3/c1-5-12-11-18-15(9-7-6-8-10-15)16(12)13(17)19-14(2,3)4/h5,12H,1,6-11H2,2-4H3/t12-/m0/s1. The van der Waals surface area contributed by atoms with Gasteiger partial charge in [0, 0.05) is 0 Å². The molecule has 4 nitrogen and oxygen atoms in total. The van der Waals surface area contributed by atoms with Crippen molar-refractivity contribution in [3.05, 3.63) is 12.7 Å². The van der Waals surface area contributed by atoms with Crippen molar-refractivity contribution in [2.75, 3.05) is 6.61 Å². The molecule has 0 aromatic rings. The lowest BCUT2D eigenvalue weighted by molar-refractivity contribution is -0.107. The van der Waals surface area contributed by atoms with E-state index in [1.54, 1.807) is 11.0 Å². The maximum absolute atomic E-state index is 12.5. The Morgan fingerprint density at radius 2 is 2.00 bits per heavy atom. The second-order valence-electron chi connectivity index (χ2n) is 6.47. The molecule has 2 fully saturated rings. The normalized spacial score (nSPS) is 26.5. The van der Waals surface area contributed by atoms with Crippen LogP contribution in [0.25, 0.3) is 0 Å². The molecule has 1 aliphatic carbocycles. The minimum atomic E-state index is -0.485. The van der Waals surface area contributed by atoms with Crippen LogP contribution in [0.4, 0.5) is 4.79 Å². The molecule has 1 saturated carbocycles. The number of nitrogens with zero attached hydrogens (tertiary/aromatic N) is 1. The Hall–Kier alpha value is -1.03. The molecule has 108 valence electrons. The third-order valence-electron chi connectivity index (χ3n) is 3.79. The van der Waals surface area contributed by atoms with Crippen molar-refractivity contribution >= 4 is 6.09 Å². The molecule has 19 heavy (non-hydrogen) atoms. The Bertz CT molecular complexity index is 353. The van der Waals surface area contributed by atoms with Gasteiger partial charge in [-0.15, -0.1) is 6.58 Å². The highest BCUT2D eigenvalue weighted by Gasteiger charge is 2.50. The molecule has 2 aliphatic rings. The summed E-state index contributed by atoms with van der Waals surface area (Å²) in [6, 6.07) is -0.0760. The molecular weight excluding hydrogens is 242 g/mol. The summed E-state index contributed by atoms with van der Waals surface area (Å²) in [5.41, 5.74) is -0.944. The number of carbonyl (C=O) groups is 1. The van der Waals surface area contributed by atoms with E-state index in [2.05, 4.69) is 6.58 Å². The third kappa shape index (κ3) is 2.94. The van der Waals surface area contributed by atoms with Crippen LogP contribution in [0.1, 0.15) is 52.9 Å². The zero-order chi connectivity index (χ0) is 14.1. The van der Waals surface area contributed by atoms with E-state index in [1.807, 2.05) is 20.8 Å². The van der Waals surface area contributed by atoms with Crippen molar-refractivity contribution in [2.45, 2.75) is 70.2 Å². The van der Waals surface area contributed by atoms with Gasteiger partial charge in [-0.1, -0.05) is 12.5 Å². The van der Waals surface area contributed by atoms with Crippen LogP contribution in [0, 0.1) is 0 Å². The van der Waals surface area contributed by atoms with Crippen molar-refractivity contribution in [3.8, 4) is 0 Å². The number of hydrogen-bond donors (Lipinski definition) is 0. The fraction of sp³-hybridized carbons (Fsp3) is 0.800. The molecule has 0 bridgehead atoms. The predicted octanol–water partition coefficient (Wildman–Crippen LogP) is 3.47.